The molecular weight excluding hydrogens is 333 g/mol. The highest BCUT2D eigenvalue weighted by Crippen LogP contribution is 2.48. The van der Waals surface area contributed by atoms with Gasteiger partial charge < -0.3 is 5.32 Å². The second kappa shape index (κ2) is 5.04. The molecule has 1 aromatic heterocycles. The molecule has 4 heteroatoms. The maximum Gasteiger partial charge on any atom is 0.252 e. The third-order valence-electron chi connectivity index (χ3n) is 3.19. The summed E-state index contributed by atoms with van der Waals surface area (Å²) >= 11 is 3.86. The fraction of sp³-hybridized carbons (Fsp3) is 0.583. The smallest absolute Gasteiger partial charge is 0.252 e. The minimum atomic E-state index is 0.0848. The van der Waals surface area contributed by atoms with Crippen LogP contribution in [0.5, 0.6) is 0 Å². The summed E-state index contributed by atoms with van der Waals surface area (Å²) in [6, 6.07) is 1.94. The second-order valence-corrected chi connectivity index (χ2v) is 7.38. The van der Waals surface area contributed by atoms with Gasteiger partial charge in [-0.25, -0.2) is 0 Å². The fourth-order valence-electron chi connectivity index (χ4n) is 2.02. The van der Waals surface area contributed by atoms with Gasteiger partial charge in [0.05, 0.1) is 8.45 Å². The summed E-state index contributed by atoms with van der Waals surface area (Å²) in [6.07, 6.45) is 5.02. The van der Waals surface area contributed by atoms with Crippen molar-refractivity contribution in [2.24, 2.45) is 5.41 Å². The van der Waals surface area contributed by atoms with Crippen LogP contribution < -0.4 is 5.32 Å². The Labute approximate surface area is 114 Å². The summed E-state index contributed by atoms with van der Waals surface area (Å²) in [6.45, 7) is 3.06. The highest BCUT2D eigenvalue weighted by molar-refractivity contribution is 14.1. The van der Waals surface area contributed by atoms with Crippen LogP contribution in [0.15, 0.2) is 11.4 Å². The van der Waals surface area contributed by atoms with Crippen molar-refractivity contribution in [1.29, 1.82) is 0 Å². The Morgan fingerprint density at radius 2 is 2.38 bits per heavy atom. The number of amides is 1. The molecular formula is C12H16INOS. The molecule has 0 unspecified atom stereocenters. The van der Waals surface area contributed by atoms with Crippen LogP contribution in [0, 0.1) is 8.30 Å². The molecule has 0 spiro atoms. The first kappa shape index (κ1) is 12.4. The average Bonchev–Trinajstić information content (AvgIpc) is 2.89. The average molecular weight is 349 g/mol. The number of nitrogens with one attached hydrogen (secondary N) is 1. The van der Waals surface area contributed by atoms with E-state index in [0.29, 0.717) is 5.41 Å². The number of halogens is 1. The van der Waals surface area contributed by atoms with E-state index in [-0.39, 0.29) is 5.91 Å². The summed E-state index contributed by atoms with van der Waals surface area (Å²) in [5.41, 5.74) is 1.25. The lowest BCUT2D eigenvalue weighted by atomic mass is 10.0. The number of carbonyl (C=O) groups is 1. The van der Waals surface area contributed by atoms with Crippen molar-refractivity contribution >= 4 is 39.8 Å². The molecule has 1 saturated carbocycles. The summed E-state index contributed by atoms with van der Waals surface area (Å²) in [5, 5.41) is 4.99. The van der Waals surface area contributed by atoms with Crippen LogP contribution in [0.3, 0.4) is 0 Å². The van der Waals surface area contributed by atoms with Gasteiger partial charge in [0.25, 0.3) is 5.91 Å². The minimum Gasteiger partial charge on any atom is -0.351 e. The Morgan fingerprint density at radius 1 is 1.62 bits per heavy atom. The minimum absolute atomic E-state index is 0.0848. The maximum atomic E-state index is 11.8. The van der Waals surface area contributed by atoms with Gasteiger partial charge in [-0.15, -0.1) is 11.3 Å². The zero-order valence-electron chi connectivity index (χ0n) is 9.38. The van der Waals surface area contributed by atoms with E-state index in [9.17, 15) is 4.79 Å². The molecule has 1 amide bonds. The van der Waals surface area contributed by atoms with Gasteiger partial charge in [0.1, 0.15) is 0 Å². The molecule has 0 bridgehead atoms. The topological polar surface area (TPSA) is 29.1 Å². The van der Waals surface area contributed by atoms with Gasteiger partial charge in [-0.2, -0.15) is 0 Å². The lowest BCUT2D eigenvalue weighted by molar-refractivity contribution is 0.0944. The molecule has 2 nitrogen and oxygen atoms in total. The quantitative estimate of drug-likeness (QED) is 0.808. The van der Waals surface area contributed by atoms with E-state index in [4.69, 9.17) is 0 Å². The van der Waals surface area contributed by atoms with Gasteiger partial charge in [-0.3, -0.25) is 4.79 Å². The van der Waals surface area contributed by atoms with E-state index in [0.717, 1.165) is 15.0 Å². The van der Waals surface area contributed by atoms with Gasteiger partial charge in [-0.1, -0.05) is 13.3 Å². The van der Waals surface area contributed by atoms with Crippen molar-refractivity contribution in [1.82, 2.24) is 5.32 Å². The molecule has 0 saturated heterocycles. The van der Waals surface area contributed by atoms with E-state index in [2.05, 4.69) is 34.8 Å². The maximum absolute atomic E-state index is 11.8. The molecule has 1 aliphatic carbocycles. The van der Waals surface area contributed by atoms with E-state index >= 15 is 0 Å². The van der Waals surface area contributed by atoms with Crippen molar-refractivity contribution in [3.8, 4) is 0 Å². The predicted octanol–water partition coefficient (Wildman–Crippen LogP) is 3.66. The lowest BCUT2D eigenvalue weighted by Crippen LogP contribution is -2.29. The van der Waals surface area contributed by atoms with Gasteiger partial charge in [0, 0.05) is 11.9 Å². The van der Waals surface area contributed by atoms with Gasteiger partial charge in [-0.05, 0) is 53.3 Å². The molecule has 16 heavy (non-hydrogen) atoms. The Kier molecular flexibility index (Phi) is 3.89. The molecule has 1 aliphatic rings. The van der Waals surface area contributed by atoms with Crippen LogP contribution >= 0.6 is 33.9 Å². The fourth-order valence-corrected chi connectivity index (χ4v) is 3.35. The van der Waals surface area contributed by atoms with E-state index < -0.39 is 0 Å². The van der Waals surface area contributed by atoms with E-state index in [1.807, 2.05) is 11.4 Å². The van der Waals surface area contributed by atoms with Crippen LogP contribution in [0.25, 0.3) is 0 Å². The highest BCUT2D eigenvalue weighted by Gasteiger charge is 2.41. The van der Waals surface area contributed by atoms with Crippen molar-refractivity contribution in [2.45, 2.75) is 32.6 Å². The molecule has 88 valence electrons. The molecule has 0 aromatic carbocycles. The first-order valence-electron chi connectivity index (χ1n) is 5.67. The number of carbonyl (C=O) groups excluding carboxylic acids is 1. The van der Waals surface area contributed by atoms with E-state index in [1.54, 1.807) is 11.3 Å². The monoisotopic (exact) mass is 349 g/mol. The van der Waals surface area contributed by atoms with Crippen molar-refractivity contribution in [2.75, 3.05) is 6.54 Å². The summed E-state index contributed by atoms with van der Waals surface area (Å²) in [4.78, 5) is 11.8. The first-order valence-corrected chi connectivity index (χ1v) is 7.63. The largest absolute Gasteiger partial charge is 0.351 e. The zero-order chi connectivity index (χ0) is 11.6. The van der Waals surface area contributed by atoms with Crippen LogP contribution in [0.1, 0.15) is 43.0 Å². The molecule has 1 fully saturated rings. The number of hydrogen-bond donors (Lipinski definition) is 1. The van der Waals surface area contributed by atoms with Crippen molar-refractivity contribution < 1.29 is 4.79 Å². The van der Waals surface area contributed by atoms with Gasteiger partial charge >= 0.3 is 0 Å². The van der Waals surface area contributed by atoms with Crippen LogP contribution in [-0.2, 0) is 0 Å². The molecule has 1 heterocycles. The Hall–Kier alpha value is -0.100. The molecule has 2 rings (SSSR count). The van der Waals surface area contributed by atoms with Crippen LogP contribution in [0.2, 0.25) is 0 Å². The van der Waals surface area contributed by atoms with E-state index in [1.165, 1.54) is 25.7 Å². The van der Waals surface area contributed by atoms with Crippen molar-refractivity contribution in [3.05, 3.63) is 19.9 Å². The number of thiophene rings is 1. The molecule has 1 N–H and O–H groups in total. The Balaban J connectivity index is 1.84. The van der Waals surface area contributed by atoms with Crippen LogP contribution in [0.4, 0.5) is 0 Å². The summed E-state index contributed by atoms with van der Waals surface area (Å²) in [5.74, 6) is 0.0848. The second-order valence-electron chi connectivity index (χ2n) is 4.57. The predicted molar refractivity (Wildman–Crippen MR) is 75.9 cm³/mol. The normalized spacial score (nSPS) is 17.1. The first-order chi connectivity index (χ1) is 7.65. The lowest BCUT2D eigenvalue weighted by Gasteiger charge is -2.14. The van der Waals surface area contributed by atoms with Gasteiger partial charge in [0.2, 0.25) is 0 Å². The molecule has 1 aromatic rings. The third kappa shape index (κ3) is 2.97. The zero-order valence-corrected chi connectivity index (χ0v) is 12.4. The van der Waals surface area contributed by atoms with Crippen molar-refractivity contribution in [3.63, 3.8) is 0 Å². The van der Waals surface area contributed by atoms with Crippen LogP contribution in [-0.4, -0.2) is 12.5 Å². The Morgan fingerprint density at radius 3 is 2.88 bits per heavy atom. The molecule has 0 radical (unpaired) electrons. The number of rotatable bonds is 5. The third-order valence-corrected chi connectivity index (χ3v) is 4.98. The molecule has 0 aliphatic heterocycles. The highest BCUT2D eigenvalue weighted by atomic mass is 127. The Bertz CT molecular complexity index is 384. The SMILES string of the molecule is CCCC1(CNC(=O)c2csc(I)c2)CC1. The standard InChI is InChI=1S/C12H16INOS/c1-2-3-12(4-5-12)8-14-11(15)9-6-10(13)16-7-9/h6-7H,2-5,8H2,1H3,(H,14,15). The number of hydrogen-bond acceptors (Lipinski definition) is 2. The summed E-state index contributed by atoms with van der Waals surface area (Å²) in [7, 11) is 0. The van der Waals surface area contributed by atoms with Gasteiger partial charge in [0.15, 0.2) is 0 Å². The summed E-state index contributed by atoms with van der Waals surface area (Å²) < 4.78 is 1.16. The molecule has 0 atom stereocenters.